The van der Waals surface area contributed by atoms with Crippen LogP contribution in [0.4, 0.5) is 0 Å². The Kier molecular flexibility index (Phi) is 5.10. The van der Waals surface area contributed by atoms with Gasteiger partial charge < -0.3 is 4.74 Å². The second-order valence-electron chi connectivity index (χ2n) is 8.22. The maximum absolute atomic E-state index is 13.2. The van der Waals surface area contributed by atoms with Gasteiger partial charge in [0.2, 0.25) is 0 Å². The zero-order chi connectivity index (χ0) is 22.2. The van der Waals surface area contributed by atoms with E-state index in [2.05, 4.69) is 0 Å². The molecule has 0 spiro atoms. The van der Waals surface area contributed by atoms with E-state index in [9.17, 15) is 14.4 Å². The van der Waals surface area contributed by atoms with Gasteiger partial charge in [0.05, 0.1) is 17.0 Å². The number of fused-ring (bicyclic) bond motifs is 2. The summed E-state index contributed by atoms with van der Waals surface area (Å²) in [4.78, 5) is 40.9. The van der Waals surface area contributed by atoms with E-state index in [1.54, 1.807) is 24.3 Å². The van der Waals surface area contributed by atoms with Crippen molar-refractivity contribution in [1.29, 1.82) is 0 Å². The molecule has 1 aliphatic carbocycles. The average Bonchev–Trinajstić information content (AvgIpc) is 3.29. The summed E-state index contributed by atoms with van der Waals surface area (Å²) in [7, 11) is 0. The van der Waals surface area contributed by atoms with Crippen LogP contribution in [-0.4, -0.2) is 28.8 Å². The van der Waals surface area contributed by atoms with Gasteiger partial charge in [-0.2, -0.15) is 0 Å². The number of esters is 1. The van der Waals surface area contributed by atoms with E-state index in [-0.39, 0.29) is 17.8 Å². The smallest absolute Gasteiger partial charge is 0.313 e. The Balaban J connectivity index is 1.48. The van der Waals surface area contributed by atoms with Gasteiger partial charge in [0.1, 0.15) is 12.1 Å². The predicted molar refractivity (Wildman–Crippen MR) is 119 cm³/mol. The molecule has 5 heteroatoms. The van der Waals surface area contributed by atoms with Crippen LogP contribution in [0.15, 0.2) is 78.9 Å². The highest BCUT2D eigenvalue weighted by Gasteiger charge is 2.48. The number of rotatable bonds is 5. The number of imide groups is 1. The number of amides is 2. The van der Waals surface area contributed by atoms with E-state index in [4.69, 9.17) is 4.74 Å². The number of ether oxygens (including phenoxy) is 1. The van der Waals surface area contributed by atoms with E-state index in [0.29, 0.717) is 24.0 Å². The molecule has 1 heterocycles. The zero-order valence-electron chi connectivity index (χ0n) is 17.7. The number of carbonyl (C=O) groups is 3. The van der Waals surface area contributed by atoms with Gasteiger partial charge >= 0.3 is 5.97 Å². The molecule has 0 saturated heterocycles. The normalized spacial score (nSPS) is 20.1. The highest BCUT2D eigenvalue weighted by Crippen LogP contribution is 2.42. The summed E-state index contributed by atoms with van der Waals surface area (Å²) in [5, 5.41) is 0. The molecule has 160 valence electrons. The predicted octanol–water partition coefficient (Wildman–Crippen LogP) is 4.69. The van der Waals surface area contributed by atoms with Crippen LogP contribution in [0.3, 0.4) is 0 Å². The Labute approximate surface area is 186 Å². The maximum Gasteiger partial charge on any atom is 0.313 e. The molecule has 3 atom stereocenters. The summed E-state index contributed by atoms with van der Waals surface area (Å²) in [6, 6.07) is 23.4. The van der Waals surface area contributed by atoms with Crippen molar-refractivity contribution >= 4 is 17.8 Å². The quantitative estimate of drug-likeness (QED) is 0.440. The Morgan fingerprint density at radius 3 is 2.16 bits per heavy atom. The van der Waals surface area contributed by atoms with Crippen LogP contribution in [0.2, 0.25) is 0 Å². The van der Waals surface area contributed by atoms with E-state index in [1.165, 1.54) is 4.90 Å². The molecule has 0 saturated carbocycles. The van der Waals surface area contributed by atoms with Crippen molar-refractivity contribution in [2.24, 2.45) is 0 Å². The van der Waals surface area contributed by atoms with Crippen LogP contribution in [0, 0.1) is 0 Å². The van der Waals surface area contributed by atoms with Crippen molar-refractivity contribution in [3.8, 4) is 0 Å². The number of nitrogens with zero attached hydrogens (tertiary/aromatic N) is 1. The SMILES string of the molecule is CC[C@H](C(=O)O[C@H]1Cc2ccccc2[C@H]1N1C(=O)c2ccccc2C1=O)c1ccccc1. The third-order valence-corrected chi connectivity index (χ3v) is 6.41. The number of benzene rings is 3. The number of hydrogen-bond donors (Lipinski definition) is 0. The van der Waals surface area contributed by atoms with Crippen molar-refractivity contribution in [3.05, 3.63) is 107 Å². The summed E-state index contributed by atoms with van der Waals surface area (Å²) in [6.07, 6.45) is 0.436. The first kappa shape index (κ1) is 20.2. The van der Waals surface area contributed by atoms with Gasteiger partial charge in [-0.1, -0.05) is 73.7 Å². The van der Waals surface area contributed by atoms with Gasteiger partial charge in [0.25, 0.3) is 11.8 Å². The fourth-order valence-electron chi connectivity index (χ4n) is 4.86. The average molecular weight is 425 g/mol. The minimum Gasteiger partial charge on any atom is -0.459 e. The molecular formula is C27H23NO4. The molecule has 0 bridgehead atoms. The summed E-state index contributed by atoms with van der Waals surface area (Å²) >= 11 is 0. The molecule has 32 heavy (non-hydrogen) atoms. The van der Waals surface area contributed by atoms with Crippen LogP contribution >= 0.6 is 0 Å². The highest BCUT2D eigenvalue weighted by molar-refractivity contribution is 6.21. The van der Waals surface area contributed by atoms with Gasteiger partial charge in [-0.25, -0.2) is 0 Å². The second-order valence-corrected chi connectivity index (χ2v) is 8.22. The lowest BCUT2D eigenvalue weighted by Crippen LogP contribution is -2.40. The summed E-state index contributed by atoms with van der Waals surface area (Å²) < 4.78 is 6.04. The minimum atomic E-state index is -0.643. The Morgan fingerprint density at radius 2 is 1.50 bits per heavy atom. The van der Waals surface area contributed by atoms with Gasteiger partial charge in [0, 0.05) is 6.42 Å². The van der Waals surface area contributed by atoms with Crippen LogP contribution in [0.5, 0.6) is 0 Å². The van der Waals surface area contributed by atoms with Crippen molar-refractivity contribution in [3.63, 3.8) is 0 Å². The lowest BCUT2D eigenvalue weighted by molar-refractivity contribution is -0.153. The first-order valence-corrected chi connectivity index (χ1v) is 10.9. The molecule has 5 nitrogen and oxygen atoms in total. The standard InChI is InChI=1S/C27H23NO4/c1-2-19(17-10-4-3-5-11-17)27(31)32-23-16-18-12-6-7-13-20(18)24(23)28-25(29)21-14-8-9-15-22(21)26(28)30/h3-15,19,23-24H,2,16H2,1H3/t19-,23-,24+/m0/s1. The molecule has 1 aliphatic heterocycles. The van der Waals surface area contributed by atoms with Gasteiger partial charge in [-0.3, -0.25) is 19.3 Å². The first-order valence-electron chi connectivity index (χ1n) is 10.9. The van der Waals surface area contributed by atoms with Crippen LogP contribution in [0.1, 0.15) is 62.7 Å². The first-order chi connectivity index (χ1) is 15.6. The summed E-state index contributed by atoms with van der Waals surface area (Å²) in [6.45, 7) is 1.95. The van der Waals surface area contributed by atoms with Crippen LogP contribution in [-0.2, 0) is 16.0 Å². The lowest BCUT2D eigenvalue weighted by atomic mass is 9.96. The van der Waals surface area contributed by atoms with Crippen LogP contribution < -0.4 is 0 Å². The third-order valence-electron chi connectivity index (χ3n) is 6.41. The molecule has 3 aromatic rings. The highest BCUT2D eigenvalue weighted by atomic mass is 16.5. The molecule has 2 aliphatic rings. The van der Waals surface area contributed by atoms with Crippen molar-refractivity contribution in [2.45, 2.75) is 37.8 Å². The topological polar surface area (TPSA) is 63.7 Å². The van der Waals surface area contributed by atoms with Crippen LogP contribution in [0.25, 0.3) is 0 Å². The zero-order valence-corrected chi connectivity index (χ0v) is 17.7. The monoisotopic (exact) mass is 425 g/mol. The Hall–Kier alpha value is -3.73. The maximum atomic E-state index is 13.2. The lowest BCUT2D eigenvalue weighted by Gasteiger charge is -2.29. The molecule has 0 unspecified atom stereocenters. The van der Waals surface area contributed by atoms with E-state index < -0.39 is 18.1 Å². The number of hydrogen-bond acceptors (Lipinski definition) is 4. The molecule has 0 N–H and O–H groups in total. The van der Waals surface area contributed by atoms with Gasteiger partial charge in [-0.15, -0.1) is 0 Å². The van der Waals surface area contributed by atoms with E-state index in [1.807, 2.05) is 61.5 Å². The molecule has 5 rings (SSSR count). The fourth-order valence-corrected chi connectivity index (χ4v) is 4.86. The molecule has 0 radical (unpaired) electrons. The largest absolute Gasteiger partial charge is 0.459 e. The third kappa shape index (κ3) is 3.21. The molecule has 0 fully saturated rings. The van der Waals surface area contributed by atoms with Gasteiger partial charge in [0.15, 0.2) is 0 Å². The van der Waals surface area contributed by atoms with Crippen molar-refractivity contribution in [2.75, 3.05) is 0 Å². The molecular weight excluding hydrogens is 402 g/mol. The Bertz CT molecular complexity index is 1170. The number of carbonyl (C=O) groups excluding carboxylic acids is 3. The molecule has 3 aromatic carbocycles. The fraction of sp³-hybridized carbons (Fsp3) is 0.222. The summed E-state index contributed by atoms with van der Waals surface area (Å²) in [5.41, 5.74) is 3.52. The Morgan fingerprint density at radius 1 is 0.906 bits per heavy atom. The molecule has 0 aromatic heterocycles. The van der Waals surface area contributed by atoms with E-state index in [0.717, 1.165) is 16.7 Å². The second kappa shape index (κ2) is 8.08. The molecule has 2 amide bonds. The minimum absolute atomic E-state index is 0.335. The summed E-state index contributed by atoms with van der Waals surface area (Å²) in [5.74, 6) is -1.42. The van der Waals surface area contributed by atoms with Gasteiger partial charge in [-0.05, 0) is 35.2 Å². The van der Waals surface area contributed by atoms with Crippen molar-refractivity contribution < 1.29 is 19.1 Å². The van der Waals surface area contributed by atoms with Crippen molar-refractivity contribution in [1.82, 2.24) is 4.90 Å². The van der Waals surface area contributed by atoms with E-state index >= 15 is 0 Å².